The van der Waals surface area contributed by atoms with Crippen molar-refractivity contribution in [2.45, 2.75) is 6.10 Å². The lowest BCUT2D eigenvalue weighted by atomic mass is 10.1. The topological polar surface area (TPSA) is 50.8 Å². The number of hydrogen-bond donors (Lipinski definition) is 1. The molecule has 0 radical (unpaired) electrons. The minimum atomic E-state index is -0.135. The quantitative estimate of drug-likeness (QED) is 0.922. The second kappa shape index (κ2) is 6.71. The third-order valence-electron chi connectivity index (χ3n) is 4.02. The van der Waals surface area contributed by atoms with E-state index in [-0.39, 0.29) is 5.91 Å². The summed E-state index contributed by atoms with van der Waals surface area (Å²) in [6, 6.07) is 14.9. The van der Waals surface area contributed by atoms with Crippen molar-refractivity contribution < 1.29 is 14.3 Å². The van der Waals surface area contributed by atoms with Crippen molar-refractivity contribution >= 4 is 17.3 Å². The van der Waals surface area contributed by atoms with Gasteiger partial charge in [-0.05, 0) is 48.5 Å². The van der Waals surface area contributed by atoms with Gasteiger partial charge < -0.3 is 19.7 Å². The van der Waals surface area contributed by atoms with Gasteiger partial charge in [-0.25, -0.2) is 0 Å². The SMILES string of the molecule is COc1ccc(C(=O)Nc2ccc(N3CC(OC)C3)cc2)cc1. The smallest absolute Gasteiger partial charge is 0.255 e. The van der Waals surface area contributed by atoms with Crippen LogP contribution in [0.3, 0.4) is 0 Å². The fourth-order valence-electron chi connectivity index (χ4n) is 2.50. The van der Waals surface area contributed by atoms with Gasteiger partial charge in [-0.2, -0.15) is 0 Å². The molecule has 23 heavy (non-hydrogen) atoms. The Morgan fingerprint density at radius 2 is 1.70 bits per heavy atom. The molecule has 5 nitrogen and oxygen atoms in total. The Kier molecular flexibility index (Phi) is 4.48. The van der Waals surface area contributed by atoms with Crippen LogP contribution in [0.15, 0.2) is 48.5 Å². The van der Waals surface area contributed by atoms with E-state index < -0.39 is 0 Å². The summed E-state index contributed by atoms with van der Waals surface area (Å²) in [5.74, 6) is 0.596. The molecule has 3 rings (SSSR count). The average Bonchev–Trinajstić information content (AvgIpc) is 2.55. The number of benzene rings is 2. The summed E-state index contributed by atoms with van der Waals surface area (Å²) < 4.78 is 10.4. The fraction of sp³-hybridized carbons (Fsp3) is 0.278. The van der Waals surface area contributed by atoms with Crippen LogP contribution in [-0.4, -0.2) is 39.3 Å². The molecule has 1 heterocycles. The van der Waals surface area contributed by atoms with Gasteiger partial charge in [0.25, 0.3) is 5.91 Å². The second-order valence-corrected chi connectivity index (χ2v) is 5.49. The summed E-state index contributed by atoms with van der Waals surface area (Å²) >= 11 is 0. The standard InChI is InChI=1S/C18H20N2O3/c1-22-16-9-3-13(4-10-16)18(21)19-14-5-7-15(8-6-14)20-11-17(12-20)23-2/h3-10,17H,11-12H2,1-2H3,(H,19,21). The Morgan fingerprint density at radius 1 is 1.04 bits per heavy atom. The predicted molar refractivity (Wildman–Crippen MR) is 90.4 cm³/mol. The van der Waals surface area contributed by atoms with Gasteiger partial charge in [0, 0.05) is 37.1 Å². The number of anilines is 2. The van der Waals surface area contributed by atoms with Crippen LogP contribution in [0.4, 0.5) is 11.4 Å². The summed E-state index contributed by atoms with van der Waals surface area (Å²) in [6.07, 6.45) is 0.324. The molecule has 0 bridgehead atoms. The van der Waals surface area contributed by atoms with Crippen molar-refractivity contribution in [3.8, 4) is 5.75 Å². The number of nitrogens with zero attached hydrogens (tertiary/aromatic N) is 1. The highest BCUT2D eigenvalue weighted by Gasteiger charge is 2.26. The molecule has 0 saturated carbocycles. The summed E-state index contributed by atoms with van der Waals surface area (Å²) in [5, 5.41) is 2.89. The van der Waals surface area contributed by atoms with E-state index in [9.17, 15) is 4.79 Å². The fourth-order valence-corrected chi connectivity index (χ4v) is 2.50. The highest BCUT2D eigenvalue weighted by atomic mass is 16.5. The summed E-state index contributed by atoms with van der Waals surface area (Å²) in [5.41, 5.74) is 2.51. The van der Waals surface area contributed by atoms with Gasteiger partial charge in [-0.3, -0.25) is 4.79 Å². The maximum absolute atomic E-state index is 12.2. The van der Waals surface area contributed by atoms with Gasteiger partial charge in [0.1, 0.15) is 5.75 Å². The number of rotatable bonds is 5. The maximum atomic E-state index is 12.2. The van der Waals surface area contributed by atoms with Crippen LogP contribution in [0, 0.1) is 0 Å². The number of nitrogens with one attached hydrogen (secondary N) is 1. The molecule has 1 saturated heterocycles. The summed E-state index contributed by atoms with van der Waals surface area (Å²) in [4.78, 5) is 14.4. The van der Waals surface area contributed by atoms with Gasteiger partial charge in [0.2, 0.25) is 0 Å². The van der Waals surface area contributed by atoms with Gasteiger partial charge in [-0.15, -0.1) is 0 Å². The molecule has 5 heteroatoms. The number of amides is 1. The molecule has 1 fully saturated rings. The van der Waals surface area contributed by atoms with Gasteiger partial charge in [0.05, 0.1) is 13.2 Å². The molecule has 1 aliphatic heterocycles. The lowest BCUT2D eigenvalue weighted by Gasteiger charge is -2.40. The van der Waals surface area contributed by atoms with Crippen molar-refractivity contribution in [3.63, 3.8) is 0 Å². The van der Waals surface area contributed by atoms with Crippen LogP contribution < -0.4 is 15.0 Å². The maximum Gasteiger partial charge on any atom is 0.255 e. The van der Waals surface area contributed by atoms with E-state index in [0.717, 1.165) is 30.2 Å². The van der Waals surface area contributed by atoms with Crippen LogP contribution >= 0.6 is 0 Å². The second-order valence-electron chi connectivity index (χ2n) is 5.49. The Bertz CT molecular complexity index is 662. The largest absolute Gasteiger partial charge is 0.497 e. The van der Waals surface area contributed by atoms with Crippen LogP contribution in [-0.2, 0) is 4.74 Å². The van der Waals surface area contributed by atoms with Crippen LogP contribution in [0.2, 0.25) is 0 Å². The van der Waals surface area contributed by atoms with E-state index in [1.165, 1.54) is 0 Å². The summed E-state index contributed by atoms with van der Waals surface area (Å²) in [7, 11) is 3.34. The van der Waals surface area contributed by atoms with E-state index in [4.69, 9.17) is 9.47 Å². The molecule has 2 aromatic carbocycles. The normalized spacial score (nSPS) is 14.3. The molecule has 0 spiro atoms. The Morgan fingerprint density at radius 3 is 2.26 bits per heavy atom. The van der Waals surface area contributed by atoms with E-state index in [0.29, 0.717) is 11.7 Å². The zero-order valence-corrected chi connectivity index (χ0v) is 13.3. The number of hydrogen-bond acceptors (Lipinski definition) is 4. The highest BCUT2D eigenvalue weighted by molar-refractivity contribution is 6.04. The zero-order chi connectivity index (χ0) is 16.2. The first-order valence-electron chi connectivity index (χ1n) is 7.53. The molecule has 2 aromatic rings. The lowest BCUT2D eigenvalue weighted by molar-refractivity contribution is 0.0788. The molecule has 1 amide bonds. The van der Waals surface area contributed by atoms with Crippen LogP contribution in [0.25, 0.3) is 0 Å². The average molecular weight is 312 g/mol. The highest BCUT2D eigenvalue weighted by Crippen LogP contribution is 2.24. The third kappa shape index (κ3) is 3.46. The van der Waals surface area contributed by atoms with Crippen molar-refractivity contribution in [1.82, 2.24) is 0 Å². The van der Waals surface area contributed by atoms with Crippen molar-refractivity contribution in [1.29, 1.82) is 0 Å². The Labute approximate surface area is 135 Å². The molecule has 1 aliphatic rings. The molecule has 0 atom stereocenters. The van der Waals surface area contributed by atoms with Gasteiger partial charge >= 0.3 is 0 Å². The molecule has 0 unspecified atom stereocenters. The number of carbonyl (C=O) groups is 1. The molecule has 0 aromatic heterocycles. The van der Waals surface area contributed by atoms with E-state index >= 15 is 0 Å². The van der Waals surface area contributed by atoms with Crippen LogP contribution in [0.1, 0.15) is 10.4 Å². The van der Waals surface area contributed by atoms with Crippen molar-refractivity contribution in [3.05, 3.63) is 54.1 Å². The van der Waals surface area contributed by atoms with Gasteiger partial charge in [0.15, 0.2) is 0 Å². The molecule has 120 valence electrons. The zero-order valence-electron chi connectivity index (χ0n) is 13.3. The summed E-state index contributed by atoms with van der Waals surface area (Å²) in [6.45, 7) is 1.82. The molecular formula is C18H20N2O3. The monoisotopic (exact) mass is 312 g/mol. The Hall–Kier alpha value is -2.53. The van der Waals surface area contributed by atoms with Crippen molar-refractivity contribution in [2.24, 2.45) is 0 Å². The Balaban J connectivity index is 1.60. The van der Waals surface area contributed by atoms with E-state index in [1.807, 2.05) is 24.3 Å². The van der Waals surface area contributed by atoms with E-state index in [1.54, 1.807) is 38.5 Å². The molecule has 1 N–H and O–H groups in total. The number of carbonyl (C=O) groups excluding carboxylic acids is 1. The number of ether oxygens (including phenoxy) is 2. The number of methoxy groups -OCH3 is 2. The third-order valence-corrected chi connectivity index (χ3v) is 4.02. The first-order valence-corrected chi connectivity index (χ1v) is 7.53. The lowest BCUT2D eigenvalue weighted by Crippen LogP contribution is -2.51. The first kappa shape index (κ1) is 15.4. The van der Waals surface area contributed by atoms with Gasteiger partial charge in [-0.1, -0.05) is 0 Å². The molecular weight excluding hydrogens is 292 g/mol. The molecule has 0 aliphatic carbocycles. The van der Waals surface area contributed by atoms with Crippen molar-refractivity contribution in [2.75, 3.05) is 37.5 Å². The van der Waals surface area contributed by atoms with E-state index in [2.05, 4.69) is 10.2 Å². The first-order chi connectivity index (χ1) is 11.2. The minimum absolute atomic E-state index is 0.135. The minimum Gasteiger partial charge on any atom is -0.497 e. The predicted octanol–water partition coefficient (Wildman–Crippen LogP) is 2.78. The van der Waals surface area contributed by atoms with Crippen LogP contribution in [0.5, 0.6) is 5.75 Å².